The van der Waals surface area contributed by atoms with Crippen LogP contribution in [0.25, 0.3) is 0 Å². The van der Waals surface area contributed by atoms with Crippen molar-refractivity contribution in [2.45, 2.75) is 34.1 Å². The van der Waals surface area contributed by atoms with Gasteiger partial charge in [0, 0.05) is 10.9 Å². The van der Waals surface area contributed by atoms with Gasteiger partial charge in [-0.1, -0.05) is 6.92 Å². The maximum absolute atomic E-state index is 12.5. The molecule has 1 heterocycles. The van der Waals surface area contributed by atoms with Gasteiger partial charge in [-0.2, -0.15) is 0 Å². The Morgan fingerprint density at radius 3 is 2.48 bits per heavy atom. The Morgan fingerprint density at radius 1 is 1.13 bits per heavy atom. The Balaban J connectivity index is 2.25. The van der Waals surface area contributed by atoms with E-state index in [2.05, 4.69) is 12.2 Å². The Hall–Kier alpha value is -2.01. The van der Waals surface area contributed by atoms with Crippen molar-refractivity contribution in [3.63, 3.8) is 0 Å². The van der Waals surface area contributed by atoms with E-state index in [4.69, 9.17) is 9.47 Å². The fourth-order valence-corrected chi connectivity index (χ4v) is 3.32. The zero-order chi connectivity index (χ0) is 16.8. The van der Waals surface area contributed by atoms with Crippen LogP contribution in [-0.2, 0) is 6.42 Å². The van der Waals surface area contributed by atoms with E-state index in [-0.39, 0.29) is 5.91 Å². The smallest absolute Gasteiger partial charge is 0.265 e. The molecule has 0 aliphatic rings. The summed E-state index contributed by atoms with van der Waals surface area (Å²) in [5.41, 5.74) is 1.79. The monoisotopic (exact) mass is 333 g/mol. The van der Waals surface area contributed by atoms with E-state index in [1.807, 2.05) is 39.0 Å². The predicted octanol–water partition coefficient (Wildman–Crippen LogP) is 4.67. The molecule has 0 unspecified atom stereocenters. The summed E-state index contributed by atoms with van der Waals surface area (Å²) in [6.07, 6.45) is 0.938. The number of benzene rings is 1. The highest BCUT2D eigenvalue weighted by molar-refractivity contribution is 7.14. The van der Waals surface area contributed by atoms with Gasteiger partial charge in [-0.3, -0.25) is 4.79 Å². The van der Waals surface area contributed by atoms with Gasteiger partial charge in [-0.25, -0.2) is 0 Å². The first kappa shape index (κ1) is 17.3. The van der Waals surface area contributed by atoms with Crippen molar-refractivity contribution in [3.8, 4) is 11.5 Å². The number of rotatable bonds is 7. The molecule has 1 aromatic carbocycles. The van der Waals surface area contributed by atoms with Gasteiger partial charge in [0.25, 0.3) is 5.91 Å². The van der Waals surface area contributed by atoms with Crippen molar-refractivity contribution < 1.29 is 14.3 Å². The molecule has 0 fully saturated rings. The van der Waals surface area contributed by atoms with Gasteiger partial charge in [0.15, 0.2) is 0 Å². The first-order valence-corrected chi connectivity index (χ1v) is 8.70. The first-order chi connectivity index (χ1) is 11.1. The molecule has 0 bridgehead atoms. The van der Waals surface area contributed by atoms with Gasteiger partial charge in [-0.05, 0) is 51.0 Å². The third-order valence-corrected chi connectivity index (χ3v) is 4.76. The summed E-state index contributed by atoms with van der Waals surface area (Å²) < 4.78 is 11.1. The van der Waals surface area contributed by atoms with E-state index in [9.17, 15) is 4.79 Å². The maximum Gasteiger partial charge on any atom is 0.265 e. The van der Waals surface area contributed by atoms with Crippen molar-refractivity contribution in [1.29, 1.82) is 0 Å². The number of carbonyl (C=O) groups is 1. The Bertz CT molecular complexity index is 679. The van der Waals surface area contributed by atoms with E-state index >= 15 is 0 Å². The zero-order valence-electron chi connectivity index (χ0n) is 14.1. The Morgan fingerprint density at radius 2 is 1.87 bits per heavy atom. The van der Waals surface area contributed by atoms with Gasteiger partial charge < -0.3 is 14.8 Å². The molecule has 1 N–H and O–H groups in total. The lowest BCUT2D eigenvalue weighted by Gasteiger charge is -2.13. The lowest BCUT2D eigenvalue weighted by Crippen LogP contribution is -2.11. The molecule has 5 heteroatoms. The average Bonchev–Trinajstić information content (AvgIpc) is 2.91. The summed E-state index contributed by atoms with van der Waals surface area (Å²) in [4.78, 5) is 14.5. The topological polar surface area (TPSA) is 47.6 Å². The zero-order valence-corrected chi connectivity index (χ0v) is 14.9. The molecule has 0 atom stereocenters. The Labute approximate surface area is 141 Å². The van der Waals surface area contributed by atoms with Crippen molar-refractivity contribution in [3.05, 3.63) is 39.6 Å². The Kier molecular flexibility index (Phi) is 6.04. The van der Waals surface area contributed by atoms with Crippen LogP contribution in [-0.4, -0.2) is 19.1 Å². The van der Waals surface area contributed by atoms with E-state index in [1.165, 1.54) is 16.2 Å². The summed E-state index contributed by atoms with van der Waals surface area (Å²) >= 11 is 1.54. The number of anilines is 1. The quantitative estimate of drug-likeness (QED) is 0.801. The van der Waals surface area contributed by atoms with Crippen molar-refractivity contribution in [1.82, 2.24) is 0 Å². The third kappa shape index (κ3) is 4.26. The molecule has 1 aromatic heterocycles. The van der Waals surface area contributed by atoms with Crippen LogP contribution in [0.2, 0.25) is 0 Å². The molecule has 2 aromatic rings. The minimum absolute atomic E-state index is 0.118. The fraction of sp³-hybridized carbons (Fsp3) is 0.389. The van der Waals surface area contributed by atoms with Crippen LogP contribution < -0.4 is 14.8 Å². The number of aryl methyl sites for hydroxylation is 2. The summed E-state index contributed by atoms with van der Waals surface area (Å²) in [5, 5.41) is 2.94. The van der Waals surface area contributed by atoms with E-state index in [1.54, 1.807) is 6.07 Å². The van der Waals surface area contributed by atoms with Gasteiger partial charge in [0.1, 0.15) is 11.5 Å². The molecule has 4 nitrogen and oxygen atoms in total. The standard InChI is InChI=1S/C18H23NO3S/c1-5-16-12(4)10-17(23-16)18(20)19-14-11-13(21-6-2)8-9-15(14)22-7-3/h8-11H,5-7H2,1-4H3,(H,19,20). The van der Waals surface area contributed by atoms with Gasteiger partial charge in [0.2, 0.25) is 0 Å². The highest BCUT2D eigenvalue weighted by Crippen LogP contribution is 2.31. The number of amides is 1. The normalized spacial score (nSPS) is 10.4. The minimum atomic E-state index is -0.118. The molecule has 0 saturated heterocycles. The molecule has 0 aliphatic heterocycles. The number of carbonyl (C=O) groups excluding carboxylic acids is 1. The molecular weight excluding hydrogens is 310 g/mol. The second-order valence-corrected chi connectivity index (χ2v) is 6.19. The van der Waals surface area contributed by atoms with Crippen LogP contribution >= 0.6 is 11.3 Å². The highest BCUT2D eigenvalue weighted by atomic mass is 32.1. The first-order valence-electron chi connectivity index (χ1n) is 7.89. The molecule has 124 valence electrons. The van der Waals surface area contributed by atoms with Crippen LogP contribution in [0.15, 0.2) is 24.3 Å². The molecule has 0 spiro atoms. The summed E-state index contributed by atoms with van der Waals surface area (Å²) in [6.45, 7) is 9.08. The van der Waals surface area contributed by atoms with Crippen molar-refractivity contribution in [2.24, 2.45) is 0 Å². The molecule has 2 rings (SSSR count). The second-order valence-electron chi connectivity index (χ2n) is 5.05. The number of ether oxygens (including phenoxy) is 2. The lowest BCUT2D eigenvalue weighted by molar-refractivity contribution is 0.103. The lowest BCUT2D eigenvalue weighted by atomic mass is 10.2. The summed E-state index contributed by atoms with van der Waals surface area (Å²) in [6, 6.07) is 7.40. The van der Waals surface area contributed by atoms with Crippen LogP contribution in [0.1, 0.15) is 40.9 Å². The molecule has 0 aliphatic carbocycles. The third-order valence-electron chi connectivity index (χ3n) is 3.38. The summed E-state index contributed by atoms with van der Waals surface area (Å²) in [5.74, 6) is 1.24. The second kappa shape index (κ2) is 8.02. The van der Waals surface area contributed by atoms with E-state index < -0.39 is 0 Å². The maximum atomic E-state index is 12.5. The van der Waals surface area contributed by atoms with Crippen LogP contribution in [0.5, 0.6) is 11.5 Å². The number of hydrogen-bond donors (Lipinski definition) is 1. The van der Waals surface area contributed by atoms with Crippen LogP contribution in [0, 0.1) is 6.92 Å². The highest BCUT2D eigenvalue weighted by Gasteiger charge is 2.15. The number of hydrogen-bond acceptors (Lipinski definition) is 4. The van der Waals surface area contributed by atoms with Crippen molar-refractivity contribution >= 4 is 22.9 Å². The van der Waals surface area contributed by atoms with Gasteiger partial charge in [-0.15, -0.1) is 11.3 Å². The van der Waals surface area contributed by atoms with E-state index in [0.717, 1.165) is 12.0 Å². The largest absolute Gasteiger partial charge is 0.494 e. The predicted molar refractivity (Wildman–Crippen MR) is 95.2 cm³/mol. The average molecular weight is 333 g/mol. The van der Waals surface area contributed by atoms with Crippen LogP contribution in [0.3, 0.4) is 0 Å². The van der Waals surface area contributed by atoms with Gasteiger partial charge >= 0.3 is 0 Å². The molecule has 23 heavy (non-hydrogen) atoms. The number of nitrogens with one attached hydrogen (secondary N) is 1. The fourth-order valence-electron chi connectivity index (χ4n) is 2.31. The molecular formula is C18H23NO3S. The summed E-state index contributed by atoms with van der Waals surface area (Å²) in [7, 11) is 0. The molecule has 0 radical (unpaired) electrons. The minimum Gasteiger partial charge on any atom is -0.494 e. The van der Waals surface area contributed by atoms with E-state index in [0.29, 0.717) is 35.3 Å². The van der Waals surface area contributed by atoms with Crippen molar-refractivity contribution in [2.75, 3.05) is 18.5 Å². The number of thiophene rings is 1. The van der Waals surface area contributed by atoms with Gasteiger partial charge in [0.05, 0.1) is 23.8 Å². The SMILES string of the molecule is CCOc1ccc(OCC)c(NC(=O)c2cc(C)c(CC)s2)c1. The molecule has 0 saturated carbocycles. The van der Waals surface area contributed by atoms with Crippen LogP contribution in [0.4, 0.5) is 5.69 Å². The molecule has 1 amide bonds.